The van der Waals surface area contributed by atoms with Crippen molar-refractivity contribution in [3.05, 3.63) is 30.3 Å². The number of nitrogens with zero attached hydrogens (tertiary/aromatic N) is 1. The van der Waals surface area contributed by atoms with E-state index in [1.807, 2.05) is 30.3 Å². The third-order valence-electron chi connectivity index (χ3n) is 3.15. The first-order valence-electron chi connectivity index (χ1n) is 7.16. The molecule has 0 saturated carbocycles. The third kappa shape index (κ3) is 5.59. The molecule has 0 unspecified atom stereocenters. The number of benzene rings is 1. The van der Waals surface area contributed by atoms with E-state index in [4.69, 9.17) is 15.2 Å². The van der Waals surface area contributed by atoms with Gasteiger partial charge < -0.3 is 20.5 Å². The minimum atomic E-state index is 0.354. The van der Waals surface area contributed by atoms with E-state index >= 15 is 0 Å². The summed E-state index contributed by atoms with van der Waals surface area (Å²) < 4.78 is 11.1. The molecule has 1 heterocycles. The number of nitrogens with two attached hydrogens (primary N) is 1. The second-order valence-electron chi connectivity index (χ2n) is 4.79. The molecule has 20 heavy (non-hydrogen) atoms. The van der Waals surface area contributed by atoms with Crippen LogP contribution in [0.5, 0.6) is 0 Å². The molecule has 2 rings (SSSR count). The lowest BCUT2D eigenvalue weighted by Crippen LogP contribution is -2.24. The van der Waals surface area contributed by atoms with Gasteiger partial charge >= 0.3 is 0 Å². The summed E-state index contributed by atoms with van der Waals surface area (Å²) in [5, 5.41) is 3.05. The number of para-hydroxylation sites is 1. The maximum absolute atomic E-state index is 5.81. The van der Waals surface area contributed by atoms with Crippen LogP contribution in [0.25, 0.3) is 0 Å². The second-order valence-corrected chi connectivity index (χ2v) is 4.79. The lowest BCUT2D eigenvalue weighted by Gasteiger charge is -2.22. The molecule has 0 radical (unpaired) electrons. The highest BCUT2D eigenvalue weighted by atomic mass is 16.5. The fraction of sp³-hybridized carbons (Fsp3) is 0.533. The van der Waals surface area contributed by atoms with Crippen LogP contribution in [0.2, 0.25) is 0 Å². The number of hydrogen-bond donors (Lipinski definition) is 2. The first kappa shape index (κ1) is 14.8. The van der Waals surface area contributed by atoms with Crippen LogP contribution in [-0.4, -0.2) is 38.4 Å². The average Bonchev–Trinajstić information content (AvgIpc) is 2.49. The van der Waals surface area contributed by atoms with E-state index in [0.717, 1.165) is 44.8 Å². The Hall–Kier alpha value is -1.59. The molecular weight excluding hydrogens is 254 g/mol. The molecule has 1 aromatic carbocycles. The lowest BCUT2D eigenvalue weighted by molar-refractivity contribution is -0.0318. The Bertz CT molecular complexity index is 403. The van der Waals surface area contributed by atoms with Crippen LogP contribution in [0.1, 0.15) is 19.3 Å². The van der Waals surface area contributed by atoms with Gasteiger partial charge in [0.2, 0.25) is 0 Å². The Morgan fingerprint density at radius 2 is 2.05 bits per heavy atom. The molecule has 1 aliphatic heterocycles. The number of guanidine groups is 1. The van der Waals surface area contributed by atoms with Gasteiger partial charge in [-0.3, -0.25) is 4.99 Å². The monoisotopic (exact) mass is 277 g/mol. The van der Waals surface area contributed by atoms with Crippen molar-refractivity contribution in [1.82, 2.24) is 0 Å². The SMILES string of the molecule is NC(=NCCCOC1CCOCC1)Nc1ccccc1. The van der Waals surface area contributed by atoms with E-state index < -0.39 is 0 Å². The molecule has 0 amide bonds. The van der Waals surface area contributed by atoms with E-state index in [9.17, 15) is 0 Å². The van der Waals surface area contributed by atoms with Crippen molar-refractivity contribution in [3.8, 4) is 0 Å². The van der Waals surface area contributed by atoms with Gasteiger partial charge in [0.1, 0.15) is 0 Å². The van der Waals surface area contributed by atoms with Crippen LogP contribution in [0, 0.1) is 0 Å². The van der Waals surface area contributed by atoms with Crippen LogP contribution >= 0.6 is 0 Å². The highest BCUT2D eigenvalue weighted by Crippen LogP contribution is 2.10. The fourth-order valence-corrected chi connectivity index (χ4v) is 2.07. The Morgan fingerprint density at radius 3 is 2.80 bits per heavy atom. The highest BCUT2D eigenvalue weighted by molar-refractivity contribution is 5.92. The molecule has 1 fully saturated rings. The molecule has 1 saturated heterocycles. The molecule has 0 spiro atoms. The van der Waals surface area contributed by atoms with E-state index in [1.54, 1.807) is 0 Å². The van der Waals surface area contributed by atoms with Gasteiger partial charge in [-0.2, -0.15) is 0 Å². The van der Waals surface area contributed by atoms with Crippen LogP contribution < -0.4 is 11.1 Å². The minimum Gasteiger partial charge on any atom is -0.381 e. The summed E-state index contributed by atoms with van der Waals surface area (Å²) in [6, 6.07) is 9.79. The molecule has 110 valence electrons. The predicted octanol–water partition coefficient (Wildman–Crippen LogP) is 2.00. The second kappa shape index (κ2) is 8.55. The molecule has 5 nitrogen and oxygen atoms in total. The zero-order valence-electron chi connectivity index (χ0n) is 11.8. The average molecular weight is 277 g/mol. The lowest BCUT2D eigenvalue weighted by atomic mass is 10.1. The van der Waals surface area contributed by atoms with Crippen LogP contribution in [0.3, 0.4) is 0 Å². The Balaban J connectivity index is 1.58. The topological polar surface area (TPSA) is 68.9 Å². The summed E-state index contributed by atoms with van der Waals surface area (Å²) in [4.78, 5) is 4.28. The zero-order chi connectivity index (χ0) is 14.0. The smallest absolute Gasteiger partial charge is 0.193 e. The third-order valence-corrected chi connectivity index (χ3v) is 3.15. The first-order chi connectivity index (χ1) is 9.84. The van der Waals surface area contributed by atoms with Gasteiger partial charge in [-0.25, -0.2) is 0 Å². The molecule has 0 aliphatic carbocycles. The van der Waals surface area contributed by atoms with Gasteiger partial charge in [-0.1, -0.05) is 18.2 Å². The summed E-state index contributed by atoms with van der Waals surface area (Å²) in [6.07, 6.45) is 3.24. The van der Waals surface area contributed by atoms with E-state index in [2.05, 4.69) is 10.3 Å². The highest BCUT2D eigenvalue weighted by Gasteiger charge is 2.13. The van der Waals surface area contributed by atoms with Crippen LogP contribution in [0.4, 0.5) is 5.69 Å². The quantitative estimate of drug-likeness (QED) is 0.474. The zero-order valence-corrected chi connectivity index (χ0v) is 11.8. The maximum atomic E-state index is 5.81. The van der Waals surface area contributed by atoms with Crippen molar-refractivity contribution in [2.75, 3.05) is 31.7 Å². The number of hydrogen-bond acceptors (Lipinski definition) is 3. The normalized spacial score (nSPS) is 17.1. The Morgan fingerprint density at radius 1 is 1.30 bits per heavy atom. The van der Waals surface area contributed by atoms with Crippen LogP contribution in [0.15, 0.2) is 35.3 Å². The molecule has 0 bridgehead atoms. The summed E-state index contributed by atoms with van der Waals surface area (Å²) in [5.74, 6) is 0.447. The summed E-state index contributed by atoms with van der Waals surface area (Å²) >= 11 is 0. The number of nitrogens with one attached hydrogen (secondary N) is 1. The largest absolute Gasteiger partial charge is 0.381 e. The summed E-state index contributed by atoms with van der Waals surface area (Å²) in [7, 11) is 0. The van der Waals surface area contributed by atoms with Crippen LogP contribution in [-0.2, 0) is 9.47 Å². The molecule has 5 heteroatoms. The molecule has 1 aliphatic rings. The van der Waals surface area contributed by atoms with E-state index in [0.29, 0.717) is 18.6 Å². The summed E-state index contributed by atoms with van der Waals surface area (Å²) in [5.41, 5.74) is 6.76. The van der Waals surface area contributed by atoms with Crippen molar-refractivity contribution >= 4 is 11.6 Å². The Kier molecular flexibility index (Phi) is 6.34. The fourth-order valence-electron chi connectivity index (χ4n) is 2.07. The van der Waals surface area contributed by atoms with Crippen molar-refractivity contribution in [2.24, 2.45) is 10.7 Å². The first-order valence-corrected chi connectivity index (χ1v) is 7.16. The Labute approximate surface area is 120 Å². The van der Waals surface area contributed by atoms with Crippen molar-refractivity contribution < 1.29 is 9.47 Å². The van der Waals surface area contributed by atoms with Gasteiger partial charge in [0.05, 0.1) is 6.10 Å². The van der Waals surface area contributed by atoms with Crippen molar-refractivity contribution in [3.63, 3.8) is 0 Å². The predicted molar refractivity (Wildman–Crippen MR) is 81.0 cm³/mol. The molecular formula is C15H23N3O2. The van der Waals surface area contributed by atoms with Gasteiger partial charge in [-0.15, -0.1) is 0 Å². The standard InChI is InChI=1S/C15H23N3O2/c16-15(18-13-5-2-1-3-6-13)17-9-4-10-20-14-7-11-19-12-8-14/h1-3,5-6,14H,4,7-12H2,(H3,16,17,18). The number of rotatable bonds is 6. The van der Waals surface area contributed by atoms with Crippen molar-refractivity contribution in [2.45, 2.75) is 25.4 Å². The molecule has 0 aromatic heterocycles. The number of aliphatic imine (C=N–C) groups is 1. The van der Waals surface area contributed by atoms with Crippen molar-refractivity contribution in [1.29, 1.82) is 0 Å². The summed E-state index contributed by atoms with van der Waals surface area (Å²) in [6.45, 7) is 3.04. The van der Waals surface area contributed by atoms with Gasteiger partial charge in [-0.05, 0) is 31.4 Å². The molecule has 1 aromatic rings. The van der Waals surface area contributed by atoms with E-state index in [1.165, 1.54) is 0 Å². The maximum Gasteiger partial charge on any atom is 0.193 e. The molecule has 3 N–H and O–H groups in total. The van der Waals surface area contributed by atoms with Gasteiger partial charge in [0.15, 0.2) is 5.96 Å². The number of ether oxygens (including phenoxy) is 2. The minimum absolute atomic E-state index is 0.354. The molecule has 0 atom stereocenters. The van der Waals surface area contributed by atoms with Gasteiger partial charge in [0, 0.05) is 32.1 Å². The van der Waals surface area contributed by atoms with Gasteiger partial charge in [0.25, 0.3) is 0 Å². The number of anilines is 1. The van der Waals surface area contributed by atoms with E-state index in [-0.39, 0.29) is 0 Å².